The van der Waals surface area contributed by atoms with E-state index in [0.717, 1.165) is 26.1 Å². The second-order valence-corrected chi connectivity index (χ2v) is 3.63. The van der Waals surface area contributed by atoms with E-state index in [9.17, 15) is 4.79 Å². The molecule has 1 atom stereocenters. The van der Waals surface area contributed by atoms with Crippen molar-refractivity contribution in [2.45, 2.75) is 13.3 Å². The van der Waals surface area contributed by atoms with E-state index in [1.807, 2.05) is 18.9 Å². The van der Waals surface area contributed by atoms with Crippen LogP contribution in [0.3, 0.4) is 0 Å². The van der Waals surface area contributed by atoms with Crippen molar-refractivity contribution in [1.82, 2.24) is 9.80 Å². The summed E-state index contributed by atoms with van der Waals surface area (Å²) in [4.78, 5) is 15.3. The number of carbonyl (C=O) groups is 1. The van der Waals surface area contributed by atoms with E-state index in [2.05, 4.69) is 0 Å². The molecule has 0 aromatic heterocycles. The van der Waals surface area contributed by atoms with Gasteiger partial charge in [-0.3, -0.25) is 0 Å². The lowest BCUT2D eigenvalue weighted by atomic mass is 10.1. The molecule has 76 valence electrons. The van der Waals surface area contributed by atoms with Crippen LogP contribution in [0.5, 0.6) is 0 Å². The minimum atomic E-state index is 0.137. The molecule has 13 heavy (non-hydrogen) atoms. The molecule has 4 heteroatoms. The van der Waals surface area contributed by atoms with Gasteiger partial charge in [-0.1, -0.05) is 0 Å². The second kappa shape index (κ2) is 4.46. The van der Waals surface area contributed by atoms with Crippen molar-refractivity contribution in [1.29, 1.82) is 0 Å². The number of likely N-dealkylation sites (tertiary alicyclic amines) is 1. The van der Waals surface area contributed by atoms with E-state index in [1.165, 1.54) is 0 Å². The molecule has 1 unspecified atom stereocenters. The summed E-state index contributed by atoms with van der Waals surface area (Å²) < 4.78 is 0. The van der Waals surface area contributed by atoms with Gasteiger partial charge >= 0.3 is 6.03 Å². The first kappa shape index (κ1) is 10.3. The molecular weight excluding hydrogens is 166 g/mol. The van der Waals surface area contributed by atoms with Crippen molar-refractivity contribution < 1.29 is 4.79 Å². The molecule has 1 aliphatic heterocycles. The third-order valence-corrected chi connectivity index (χ3v) is 2.69. The first-order chi connectivity index (χ1) is 6.19. The maximum Gasteiger partial charge on any atom is 0.319 e. The van der Waals surface area contributed by atoms with Gasteiger partial charge in [-0.25, -0.2) is 4.79 Å². The summed E-state index contributed by atoms with van der Waals surface area (Å²) in [6.45, 7) is 5.14. The molecule has 0 aliphatic carbocycles. The van der Waals surface area contributed by atoms with Crippen LogP contribution in [0.2, 0.25) is 0 Å². The highest BCUT2D eigenvalue weighted by Gasteiger charge is 2.26. The average Bonchev–Trinajstić information content (AvgIpc) is 2.63. The standard InChI is InChI=1S/C9H19N3O/c1-3-11(2)9(13)12-5-4-8(6-10)7-12/h8H,3-7,10H2,1-2H3. The Kier molecular flexibility index (Phi) is 3.54. The number of nitrogens with zero attached hydrogens (tertiary/aromatic N) is 2. The van der Waals surface area contributed by atoms with Crippen LogP contribution in [-0.2, 0) is 0 Å². The smallest absolute Gasteiger partial charge is 0.319 e. The monoisotopic (exact) mass is 185 g/mol. The predicted octanol–water partition coefficient (Wildman–Crippen LogP) is 0.339. The molecule has 1 heterocycles. The van der Waals surface area contributed by atoms with Gasteiger partial charge in [0.05, 0.1) is 0 Å². The number of hydrogen-bond donors (Lipinski definition) is 1. The molecule has 1 saturated heterocycles. The molecule has 1 aliphatic rings. The van der Waals surface area contributed by atoms with Gasteiger partial charge in [0.2, 0.25) is 0 Å². The highest BCUT2D eigenvalue weighted by molar-refractivity contribution is 5.74. The zero-order valence-corrected chi connectivity index (χ0v) is 8.49. The summed E-state index contributed by atoms with van der Waals surface area (Å²) >= 11 is 0. The molecule has 2 amide bonds. The van der Waals surface area contributed by atoms with Gasteiger partial charge in [0.15, 0.2) is 0 Å². The lowest BCUT2D eigenvalue weighted by Crippen LogP contribution is -2.40. The Labute approximate surface area is 79.7 Å². The van der Waals surface area contributed by atoms with Crippen LogP contribution in [0, 0.1) is 5.92 Å². The van der Waals surface area contributed by atoms with Crippen molar-refractivity contribution in [3.63, 3.8) is 0 Å². The first-order valence-corrected chi connectivity index (χ1v) is 4.89. The second-order valence-electron chi connectivity index (χ2n) is 3.63. The predicted molar refractivity (Wildman–Crippen MR) is 52.4 cm³/mol. The Morgan fingerprint density at radius 2 is 2.38 bits per heavy atom. The lowest BCUT2D eigenvalue weighted by molar-refractivity contribution is 0.174. The largest absolute Gasteiger partial charge is 0.330 e. The summed E-state index contributed by atoms with van der Waals surface area (Å²) in [5.41, 5.74) is 5.55. The van der Waals surface area contributed by atoms with E-state index in [-0.39, 0.29) is 6.03 Å². The summed E-state index contributed by atoms with van der Waals surface area (Å²) in [5.74, 6) is 0.509. The summed E-state index contributed by atoms with van der Waals surface area (Å²) in [6, 6.07) is 0.137. The molecule has 0 aromatic rings. The van der Waals surface area contributed by atoms with Crippen molar-refractivity contribution in [2.24, 2.45) is 11.7 Å². The Morgan fingerprint density at radius 1 is 1.69 bits per heavy atom. The van der Waals surface area contributed by atoms with Gasteiger partial charge in [0, 0.05) is 26.7 Å². The van der Waals surface area contributed by atoms with Gasteiger partial charge in [-0.15, -0.1) is 0 Å². The van der Waals surface area contributed by atoms with Crippen molar-refractivity contribution in [3.8, 4) is 0 Å². The van der Waals surface area contributed by atoms with Gasteiger partial charge in [-0.05, 0) is 25.8 Å². The molecule has 0 spiro atoms. The summed E-state index contributed by atoms with van der Waals surface area (Å²) in [5, 5.41) is 0. The SMILES string of the molecule is CCN(C)C(=O)N1CCC(CN)C1. The number of urea groups is 1. The van der Waals surface area contributed by atoms with E-state index in [1.54, 1.807) is 4.90 Å². The molecule has 0 bridgehead atoms. The quantitative estimate of drug-likeness (QED) is 0.674. The highest BCUT2D eigenvalue weighted by atomic mass is 16.2. The maximum atomic E-state index is 11.6. The lowest BCUT2D eigenvalue weighted by Gasteiger charge is -2.23. The van der Waals surface area contributed by atoms with Crippen LogP contribution in [0.15, 0.2) is 0 Å². The summed E-state index contributed by atoms with van der Waals surface area (Å²) in [6.07, 6.45) is 1.06. The molecular formula is C9H19N3O. The molecule has 0 aromatic carbocycles. The minimum absolute atomic E-state index is 0.137. The number of hydrogen-bond acceptors (Lipinski definition) is 2. The van der Waals surface area contributed by atoms with Crippen LogP contribution in [-0.4, -0.2) is 49.1 Å². The van der Waals surface area contributed by atoms with Gasteiger partial charge < -0.3 is 15.5 Å². The third kappa shape index (κ3) is 2.34. The molecule has 4 nitrogen and oxygen atoms in total. The van der Waals surface area contributed by atoms with Crippen LogP contribution in [0.25, 0.3) is 0 Å². The number of amides is 2. The summed E-state index contributed by atoms with van der Waals surface area (Å²) in [7, 11) is 1.83. The number of rotatable bonds is 2. The zero-order chi connectivity index (χ0) is 9.84. The van der Waals surface area contributed by atoms with E-state index in [4.69, 9.17) is 5.73 Å². The normalized spacial score (nSPS) is 22.1. The molecule has 0 radical (unpaired) electrons. The molecule has 1 fully saturated rings. The maximum absolute atomic E-state index is 11.6. The van der Waals surface area contributed by atoms with E-state index in [0.29, 0.717) is 12.5 Å². The van der Waals surface area contributed by atoms with E-state index < -0.39 is 0 Å². The fraction of sp³-hybridized carbons (Fsp3) is 0.889. The van der Waals surface area contributed by atoms with Crippen LogP contribution >= 0.6 is 0 Å². The fourth-order valence-corrected chi connectivity index (χ4v) is 1.58. The van der Waals surface area contributed by atoms with Gasteiger partial charge in [0.1, 0.15) is 0 Å². The Bertz CT molecular complexity index is 184. The number of nitrogens with two attached hydrogens (primary N) is 1. The first-order valence-electron chi connectivity index (χ1n) is 4.89. The minimum Gasteiger partial charge on any atom is -0.330 e. The fourth-order valence-electron chi connectivity index (χ4n) is 1.58. The van der Waals surface area contributed by atoms with Gasteiger partial charge in [-0.2, -0.15) is 0 Å². The van der Waals surface area contributed by atoms with Crippen molar-refractivity contribution >= 4 is 6.03 Å². The van der Waals surface area contributed by atoms with Gasteiger partial charge in [0.25, 0.3) is 0 Å². The highest BCUT2D eigenvalue weighted by Crippen LogP contribution is 2.15. The Morgan fingerprint density at radius 3 is 2.85 bits per heavy atom. The molecule has 1 rings (SSSR count). The van der Waals surface area contributed by atoms with Crippen molar-refractivity contribution in [2.75, 3.05) is 33.2 Å². The van der Waals surface area contributed by atoms with Crippen LogP contribution in [0.1, 0.15) is 13.3 Å². The molecule has 0 saturated carbocycles. The Hall–Kier alpha value is -0.770. The average molecular weight is 185 g/mol. The Balaban J connectivity index is 2.41. The van der Waals surface area contributed by atoms with Crippen molar-refractivity contribution in [3.05, 3.63) is 0 Å². The van der Waals surface area contributed by atoms with E-state index >= 15 is 0 Å². The van der Waals surface area contributed by atoms with Crippen LogP contribution < -0.4 is 5.73 Å². The zero-order valence-electron chi connectivity index (χ0n) is 8.49. The van der Waals surface area contributed by atoms with Crippen LogP contribution in [0.4, 0.5) is 4.79 Å². The third-order valence-electron chi connectivity index (χ3n) is 2.69. The molecule has 2 N–H and O–H groups in total. The topological polar surface area (TPSA) is 49.6 Å². The number of carbonyl (C=O) groups excluding carboxylic acids is 1.